The quantitative estimate of drug-likeness (QED) is 0.858. The number of aryl methyl sites for hydroxylation is 1. The number of hydrogen-bond acceptors (Lipinski definition) is 5. The summed E-state index contributed by atoms with van der Waals surface area (Å²) in [6.45, 7) is 5.99. The van der Waals surface area contributed by atoms with Crippen molar-refractivity contribution in [2.24, 2.45) is 0 Å². The van der Waals surface area contributed by atoms with Crippen molar-refractivity contribution in [2.45, 2.75) is 38.3 Å². The van der Waals surface area contributed by atoms with Crippen LogP contribution in [0.1, 0.15) is 30.7 Å². The summed E-state index contributed by atoms with van der Waals surface area (Å²) in [5, 5.41) is 12.2. The Balaban J connectivity index is 2.10. The maximum absolute atomic E-state index is 12.4. The summed E-state index contributed by atoms with van der Waals surface area (Å²) in [6, 6.07) is 12.4. The molecule has 7 heteroatoms. The number of hydrogen-bond donors (Lipinski definition) is 1. The molecule has 1 aromatic carbocycles. The highest BCUT2D eigenvalue weighted by atomic mass is 32.2. The molecule has 132 valence electrons. The van der Waals surface area contributed by atoms with E-state index in [4.69, 9.17) is 5.26 Å². The summed E-state index contributed by atoms with van der Waals surface area (Å²) >= 11 is 0. The van der Waals surface area contributed by atoms with E-state index in [1.807, 2.05) is 32.9 Å². The third kappa shape index (κ3) is 4.35. The first kappa shape index (κ1) is 18.9. The van der Waals surface area contributed by atoms with Gasteiger partial charge in [-0.05, 0) is 50.1 Å². The van der Waals surface area contributed by atoms with Gasteiger partial charge in [-0.2, -0.15) is 9.57 Å². The van der Waals surface area contributed by atoms with Crippen LogP contribution in [0.5, 0.6) is 0 Å². The Hall–Kier alpha value is -2.43. The van der Waals surface area contributed by atoms with Gasteiger partial charge in [-0.3, -0.25) is 0 Å². The average Bonchev–Trinajstić information content (AvgIpc) is 2.60. The van der Waals surface area contributed by atoms with E-state index < -0.39 is 10.0 Å². The first-order chi connectivity index (χ1) is 11.8. The smallest absolute Gasteiger partial charge is 0.243 e. The van der Waals surface area contributed by atoms with Gasteiger partial charge in [0.2, 0.25) is 10.0 Å². The highest BCUT2D eigenvalue weighted by molar-refractivity contribution is 7.89. The minimum atomic E-state index is -3.47. The molecule has 0 bridgehead atoms. The van der Waals surface area contributed by atoms with Crippen LogP contribution in [-0.2, 0) is 16.6 Å². The van der Waals surface area contributed by atoms with E-state index in [1.165, 1.54) is 4.31 Å². The largest absolute Gasteiger partial charge is 0.366 e. The molecule has 0 spiro atoms. The summed E-state index contributed by atoms with van der Waals surface area (Å²) in [4.78, 5) is 4.50. The number of aromatic nitrogens is 1. The van der Waals surface area contributed by atoms with Crippen molar-refractivity contribution < 1.29 is 8.42 Å². The van der Waals surface area contributed by atoms with Gasteiger partial charge in [-0.15, -0.1) is 0 Å². The van der Waals surface area contributed by atoms with Crippen molar-refractivity contribution in [1.29, 1.82) is 5.26 Å². The van der Waals surface area contributed by atoms with E-state index in [9.17, 15) is 8.42 Å². The zero-order valence-corrected chi connectivity index (χ0v) is 15.6. The lowest BCUT2D eigenvalue weighted by Crippen LogP contribution is -2.33. The van der Waals surface area contributed by atoms with E-state index in [0.717, 1.165) is 11.1 Å². The highest BCUT2D eigenvalue weighted by Gasteiger charge is 2.22. The Morgan fingerprint density at radius 1 is 1.20 bits per heavy atom. The number of rotatable bonds is 6. The maximum Gasteiger partial charge on any atom is 0.243 e. The maximum atomic E-state index is 12.4. The molecule has 0 radical (unpaired) electrons. The summed E-state index contributed by atoms with van der Waals surface area (Å²) in [5.74, 6) is 0.610. The second-order valence-corrected chi connectivity index (χ2v) is 8.08. The lowest BCUT2D eigenvalue weighted by molar-refractivity contribution is 0.410. The Morgan fingerprint density at radius 3 is 2.40 bits per heavy atom. The van der Waals surface area contributed by atoms with Crippen LogP contribution in [0.4, 0.5) is 5.82 Å². The van der Waals surface area contributed by atoms with Crippen molar-refractivity contribution in [1.82, 2.24) is 9.29 Å². The first-order valence-electron chi connectivity index (χ1n) is 7.94. The van der Waals surface area contributed by atoms with Gasteiger partial charge in [0.25, 0.3) is 0 Å². The van der Waals surface area contributed by atoms with Crippen LogP contribution >= 0.6 is 0 Å². The minimum Gasteiger partial charge on any atom is -0.366 e. The van der Waals surface area contributed by atoms with Gasteiger partial charge in [0, 0.05) is 19.6 Å². The number of anilines is 1. The zero-order valence-electron chi connectivity index (χ0n) is 14.8. The first-order valence-corrected chi connectivity index (χ1v) is 9.38. The third-order valence-corrected chi connectivity index (χ3v) is 6.05. The van der Waals surface area contributed by atoms with Crippen LogP contribution in [0, 0.1) is 18.3 Å². The molecule has 0 fully saturated rings. The minimum absolute atomic E-state index is 0.103. The van der Waals surface area contributed by atoms with E-state index in [-0.39, 0.29) is 10.9 Å². The molecule has 25 heavy (non-hydrogen) atoms. The van der Waals surface area contributed by atoms with Gasteiger partial charge >= 0.3 is 0 Å². The summed E-state index contributed by atoms with van der Waals surface area (Å²) < 4.78 is 26.2. The second-order valence-electron chi connectivity index (χ2n) is 6.09. The highest BCUT2D eigenvalue weighted by Crippen LogP contribution is 2.18. The molecular weight excluding hydrogens is 336 g/mol. The zero-order chi connectivity index (χ0) is 18.6. The second kappa shape index (κ2) is 7.64. The number of sulfonamides is 1. The van der Waals surface area contributed by atoms with Crippen LogP contribution in [0.25, 0.3) is 0 Å². The molecule has 2 aromatic rings. The molecule has 0 aliphatic heterocycles. The standard InChI is InChI=1S/C18H22N4O2S/c1-13(2)22(4)25(23,24)16-8-6-15(7-9-16)12-20-18-10-5-14(3)17(11-19)21-18/h5-10,13H,12H2,1-4H3,(H,20,21). The predicted molar refractivity (Wildman–Crippen MR) is 97.5 cm³/mol. The molecule has 0 unspecified atom stereocenters. The van der Waals surface area contributed by atoms with Crippen LogP contribution < -0.4 is 5.32 Å². The molecule has 1 aromatic heterocycles. The fourth-order valence-electron chi connectivity index (χ4n) is 2.16. The van der Waals surface area contributed by atoms with Crippen LogP contribution in [-0.4, -0.2) is 30.8 Å². The summed E-state index contributed by atoms with van der Waals surface area (Å²) in [7, 11) is -1.90. The summed E-state index contributed by atoms with van der Waals surface area (Å²) in [5.41, 5.74) is 2.15. The average molecular weight is 358 g/mol. The summed E-state index contributed by atoms with van der Waals surface area (Å²) in [6.07, 6.45) is 0. The Morgan fingerprint density at radius 2 is 1.84 bits per heavy atom. The lowest BCUT2D eigenvalue weighted by atomic mass is 10.2. The molecule has 0 aliphatic carbocycles. The molecule has 0 saturated carbocycles. The number of nitrogens with one attached hydrogen (secondary N) is 1. The Labute approximate surface area is 149 Å². The number of nitriles is 1. The van der Waals surface area contributed by atoms with Crippen LogP contribution in [0.2, 0.25) is 0 Å². The molecule has 0 aliphatic rings. The molecular formula is C18H22N4O2S. The van der Waals surface area contributed by atoms with Crippen molar-refractivity contribution in [2.75, 3.05) is 12.4 Å². The third-order valence-electron chi connectivity index (χ3n) is 4.00. The van der Waals surface area contributed by atoms with E-state index in [1.54, 1.807) is 31.3 Å². The lowest BCUT2D eigenvalue weighted by Gasteiger charge is -2.21. The molecule has 0 amide bonds. The van der Waals surface area contributed by atoms with Gasteiger partial charge in [0.1, 0.15) is 17.6 Å². The molecule has 2 rings (SSSR count). The number of benzene rings is 1. The fraction of sp³-hybridized carbons (Fsp3) is 0.333. The van der Waals surface area contributed by atoms with E-state index >= 15 is 0 Å². The monoisotopic (exact) mass is 358 g/mol. The fourth-order valence-corrected chi connectivity index (χ4v) is 3.52. The molecule has 0 saturated heterocycles. The Bertz CT molecular complexity index is 884. The predicted octanol–water partition coefficient (Wildman–Crippen LogP) is 2.90. The molecule has 0 atom stereocenters. The van der Waals surface area contributed by atoms with Crippen molar-refractivity contribution in [3.63, 3.8) is 0 Å². The van der Waals surface area contributed by atoms with E-state index in [0.29, 0.717) is 18.1 Å². The normalized spacial score (nSPS) is 11.6. The SMILES string of the molecule is Cc1ccc(NCc2ccc(S(=O)(=O)N(C)C(C)C)cc2)nc1C#N. The molecule has 1 N–H and O–H groups in total. The Kier molecular flexibility index (Phi) is 5.77. The van der Waals surface area contributed by atoms with Gasteiger partial charge in [0.15, 0.2) is 0 Å². The van der Waals surface area contributed by atoms with Crippen molar-refractivity contribution >= 4 is 15.8 Å². The number of pyridine rings is 1. The van der Waals surface area contributed by atoms with Gasteiger partial charge in [-0.25, -0.2) is 13.4 Å². The molecule has 1 heterocycles. The van der Waals surface area contributed by atoms with E-state index in [2.05, 4.69) is 16.4 Å². The van der Waals surface area contributed by atoms with Gasteiger partial charge in [0.05, 0.1) is 4.90 Å². The topological polar surface area (TPSA) is 86.1 Å². The van der Waals surface area contributed by atoms with Gasteiger partial charge < -0.3 is 5.32 Å². The van der Waals surface area contributed by atoms with Crippen molar-refractivity contribution in [3.8, 4) is 6.07 Å². The van der Waals surface area contributed by atoms with Crippen LogP contribution in [0.15, 0.2) is 41.3 Å². The van der Waals surface area contributed by atoms with Gasteiger partial charge in [-0.1, -0.05) is 18.2 Å². The van der Waals surface area contributed by atoms with Crippen molar-refractivity contribution in [3.05, 3.63) is 53.2 Å². The molecule has 6 nitrogen and oxygen atoms in total. The van der Waals surface area contributed by atoms with Crippen LogP contribution in [0.3, 0.4) is 0 Å². The number of nitrogens with zero attached hydrogens (tertiary/aromatic N) is 3.